The first kappa shape index (κ1) is 16.8. The summed E-state index contributed by atoms with van der Waals surface area (Å²) in [5.41, 5.74) is 0. The minimum atomic E-state index is -3.89. The van der Waals surface area contributed by atoms with Gasteiger partial charge < -0.3 is 14.6 Å². The van der Waals surface area contributed by atoms with Crippen molar-refractivity contribution in [1.29, 1.82) is 0 Å². The molecule has 114 valence electrons. The molecule has 19 heavy (non-hydrogen) atoms. The zero-order valence-electron chi connectivity index (χ0n) is 10.5. The number of rotatable bonds is 5. The van der Waals surface area contributed by atoms with E-state index < -0.39 is 44.8 Å². The van der Waals surface area contributed by atoms with Gasteiger partial charge in [-0.05, 0) is 0 Å². The number of ether oxygens (including phenoxy) is 2. The fourth-order valence-corrected chi connectivity index (χ4v) is 2.80. The SMILES string of the molecule is COC1OCC(OS(C)(=O)=O)C(O)C1OS(C)(=O)=O. The number of aliphatic hydroxyl groups excluding tert-OH is 1. The summed E-state index contributed by atoms with van der Waals surface area (Å²) in [6.07, 6.45) is -3.79. The van der Waals surface area contributed by atoms with E-state index in [2.05, 4.69) is 8.37 Å². The third kappa shape index (κ3) is 5.30. The van der Waals surface area contributed by atoms with E-state index in [-0.39, 0.29) is 6.61 Å². The Morgan fingerprint density at radius 3 is 2.05 bits per heavy atom. The van der Waals surface area contributed by atoms with Crippen LogP contribution in [0.4, 0.5) is 0 Å². The largest absolute Gasteiger partial charge is 0.387 e. The Hall–Kier alpha value is -0.300. The van der Waals surface area contributed by atoms with Crippen LogP contribution in [0.25, 0.3) is 0 Å². The molecule has 4 unspecified atom stereocenters. The predicted molar refractivity (Wildman–Crippen MR) is 62.2 cm³/mol. The molecule has 1 N–H and O–H groups in total. The van der Waals surface area contributed by atoms with Crippen LogP contribution >= 0.6 is 0 Å². The lowest BCUT2D eigenvalue weighted by Gasteiger charge is -2.37. The van der Waals surface area contributed by atoms with Crippen LogP contribution in [0.5, 0.6) is 0 Å². The van der Waals surface area contributed by atoms with Gasteiger partial charge in [-0.2, -0.15) is 16.8 Å². The van der Waals surface area contributed by atoms with Gasteiger partial charge in [-0.15, -0.1) is 0 Å². The topological polar surface area (TPSA) is 125 Å². The Kier molecular flexibility index (Phi) is 5.28. The number of methoxy groups -OCH3 is 1. The highest BCUT2D eigenvalue weighted by Crippen LogP contribution is 2.23. The lowest BCUT2D eigenvalue weighted by Crippen LogP contribution is -2.56. The van der Waals surface area contributed by atoms with Gasteiger partial charge in [-0.25, -0.2) is 0 Å². The van der Waals surface area contributed by atoms with E-state index in [0.717, 1.165) is 12.5 Å². The molecule has 1 aliphatic heterocycles. The minimum Gasteiger partial charge on any atom is -0.387 e. The molecule has 0 aromatic carbocycles. The van der Waals surface area contributed by atoms with Gasteiger partial charge in [0.1, 0.15) is 12.2 Å². The summed E-state index contributed by atoms with van der Waals surface area (Å²) in [6, 6.07) is 0. The Morgan fingerprint density at radius 1 is 1.11 bits per heavy atom. The van der Waals surface area contributed by atoms with Crippen molar-refractivity contribution in [3.63, 3.8) is 0 Å². The quantitative estimate of drug-likeness (QED) is 0.574. The first-order chi connectivity index (χ1) is 8.53. The van der Waals surface area contributed by atoms with Crippen molar-refractivity contribution in [2.24, 2.45) is 0 Å². The number of hydrogen-bond donors (Lipinski definition) is 1. The maximum Gasteiger partial charge on any atom is 0.264 e. The van der Waals surface area contributed by atoms with Crippen molar-refractivity contribution in [2.75, 3.05) is 26.2 Å². The molecule has 4 atom stereocenters. The molecule has 0 spiro atoms. The molecule has 9 nitrogen and oxygen atoms in total. The highest BCUT2D eigenvalue weighted by molar-refractivity contribution is 7.86. The Labute approximate surface area is 111 Å². The van der Waals surface area contributed by atoms with E-state index in [4.69, 9.17) is 9.47 Å². The second-order valence-corrected chi connectivity index (χ2v) is 7.23. The Morgan fingerprint density at radius 2 is 1.63 bits per heavy atom. The second-order valence-electron chi connectivity index (χ2n) is 4.03. The van der Waals surface area contributed by atoms with Gasteiger partial charge in [0.2, 0.25) is 0 Å². The van der Waals surface area contributed by atoms with E-state index in [1.807, 2.05) is 0 Å². The van der Waals surface area contributed by atoms with Crippen molar-refractivity contribution < 1.29 is 39.8 Å². The Balaban J connectivity index is 2.89. The fraction of sp³-hybridized carbons (Fsp3) is 1.00. The summed E-state index contributed by atoms with van der Waals surface area (Å²) in [6.45, 7) is -0.281. The van der Waals surface area contributed by atoms with Crippen molar-refractivity contribution in [3.8, 4) is 0 Å². The lowest BCUT2D eigenvalue weighted by molar-refractivity contribution is -0.249. The van der Waals surface area contributed by atoms with Crippen LogP contribution in [0.15, 0.2) is 0 Å². The summed E-state index contributed by atoms with van der Waals surface area (Å²) in [4.78, 5) is 0. The summed E-state index contributed by atoms with van der Waals surface area (Å²) in [7, 11) is -6.50. The minimum absolute atomic E-state index is 0.281. The predicted octanol–water partition coefficient (Wildman–Crippen LogP) is -1.96. The zero-order chi connectivity index (χ0) is 14.8. The van der Waals surface area contributed by atoms with E-state index in [9.17, 15) is 21.9 Å². The van der Waals surface area contributed by atoms with Crippen LogP contribution in [0.2, 0.25) is 0 Å². The third-order valence-corrected chi connectivity index (χ3v) is 3.40. The van der Waals surface area contributed by atoms with Crippen molar-refractivity contribution >= 4 is 20.2 Å². The van der Waals surface area contributed by atoms with Crippen LogP contribution in [-0.4, -0.2) is 72.8 Å². The van der Waals surface area contributed by atoms with E-state index in [1.165, 1.54) is 7.11 Å². The molecule has 0 bridgehead atoms. The molecule has 1 heterocycles. The first-order valence-corrected chi connectivity index (χ1v) is 8.76. The maximum absolute atomic E-state index is 11.1. The van der Waals surface area contributed by atoms with Crippen LogP contribution < -0.4 is 0 Å². The molecule has 0 radical (unpaired) electrons. The van der Waals surface area contributed by atoms with Crippen molar-refractivity contribution in [3.05, 3.63) is 0 Å². The molecular formula is C8H16O9S2. The molecule has 1 fully saturated rings. The van der Waals surface area contributed by atoms with Gasteiger partial charge in [0, 0.05) is 7.11 Å². The molecule has 0 aromatic rings. The van der Waals surface area contributed by atoms with Crippen molar-refractivity contribution in [2.45, 2.75) is 24.6 Å². The number of aliphatic hydroxyl groups is 1. The van der Waals surface area contributed by atoms with Gasteiger partial charge in [0.05, 0.1) is 19.1 Å². The average molecular weight is 320 g/mol. The lowest BCUT2D eigenvalue weighted by atomic mass is 10.1. The highest BCUT2D eigenvalue weighted by Gasteiger charge is 2.44. The third-order valence-electron chi connectivity index (χ3n) is 2.23. The van der Waals surface area contributed by atoms with Crippen LogP contribution in [0.3, 0.4) is 0 Å². The van der Waals surface area contributed by atoms with Gasteiger partial charge in [-0.1, -0.05) is 0 Å². The molecule has 0 saturated carbocycles. The van der Waals surface area contributed by atoms with Gasteiger partial charge in [-0.3, -0.25) is 8.37 Å². The molecule has 0 amide bonds. The summed E-state index contributed by atoms with van der Waals surface area (Å²) in [5, 5.41) is 9.92. The molecule has 1 aliphatic rings. The van der Waals surface area contributed by atoms with Crippen LogP contribution in [0, 0.1) is 0 Å². The fourth-order valence-electron chi connectivity index (χ4n) is 1.57. The van der Waals surface area contributed by atoms with Gasteiger partial charge >= 0.3 is 0 Å². The summed E-state index contributed by atoms with van der Waals surface area (Å²) in [5.74, 6) is 0. The van der Waals surface area contributed by atoms with Gasteiger partial charge in [0.15, 0.2) is 12.4 Å². The summed E-state index contributed by atoms with van der Waals surface area (Å²) >= 11 is 0. The van der Waals surface area contributed by atoms with E-state index in [0.29, 0.717) is 0 Å². The van der Waals surface area contributed by atoms with Crippen LogP contribution in [0.1, 0.15) is 0 Å². The average Bonchev–Trinajstić information content (AvgIpc) is 2.21. The van der Waals surface area contributed by atoms with Crippen LogP contribution in [-0.2, 0) is 38.1 Å². The maximum atomic E-state index is 11.1. The smallest absolute Gasteiger partial charge is 0.264 e. The molecule has 1 rings (SSSR count). The molecule has 1 saturated heterocycles. The van der Waals surface area contributed by atoms with Crippen molar-refractivity contribution in [1.82, 2.24) is 0 Å². The monoisotopic (exact) mass is 320 g/mol. The normalized spacial score (nSPS) is 33.3. The second kappa shape index (κ2) is 5.99. The Bertz CT molecular complexity index is 496. The molecule has 0 aromatic heterocycles. The molecular weight excluding hydrogens is 304 g/mol. The zero-order valence-corrected chi connectivity index (χ0v) is 12.2. The summed E-state index contributed by atoms with van der Waals surface area (Å²) < 4.78 is 63.3. The first-order valence-electron chi connectivity index (χ1n) is 5.12. The standard InChI is InChI=1S/C8H16O9S2/c1-14-8-7(17-19(3,12)13)6(9)5(4-15-8)16-18(2,10)11/h5-9H,4H2,1-3H3. The highest BCUT2D eigenvalue weighted by atomic mass is 32.2. The van der Waals surface area contributed by atoms with E-state index >= 15 is 0 Å². The molecule has 11 heteroatoms. The number of hydrogen-bond acceptors (Lipinski definition) is 9. The molecule has 0 aliphatic carbocycles. The van der Waals surface area contributed by atoms with Gasteiger partial charge in [0.25, 0.3) is 20.2 Å². The van der Waals surface area contributed by atoms with E-state index in [1.54, 1.807) is 0 Å².